The quantitative estimate of drug-likeness (QED) is 0.118. The van der Waals surface area contributed by atoms with Crippen LogP contribution in [-0.4, -0.2) is 151 Å². The van der Waals surface area contributed by atoms with E-state index in [0.717, 1.165) is 4.57 Å². The van der Waals surface area contributed by atoms with Gasteiger partial charge in [0.1, 0.15) is 18.0 Å². The number of carbonyl (C=O) groups is 5. The van der Waals surface area contributed by atoms with Crippen molar-refractivity contribution in [2.75, 3.05) is 28.3 Å². The van der Waals surface area contributed by atoms with Crippen molar-refractivity contribution in [2.45, 2.75) is 173 Å². The molecule has 6 rings (SSSR count). The number of likely N-dealkylation sites (N-methyl/N-ethyl adjacent to an activating group) is 1. The van der Waals surface area contributed by atoms with Gasteiger partial charge in [-0.15, -0.1) is 0 Å². The number of ether oxygens (including phenoxy) is 10. The molecular weight excluding hydrogens is 955 g/mol. The standard InChI is InChI=1S/C56H77N3O15/c1-15-42-54(8,74-53(64)59-27-26-57-32-59)29-33(2)44(60)34(3)30-55(9,65-13)47(73-52-46(41(58(11)12)28-35(4)67-52)71-50(62)39-22-18-16-19-23-39)36(5)45(37(6)49(61)69-42)70-43-31-56(10,66-14)48(38(7)68-43)72-51(63)40-24-20-17-21-25-40/h16-27,29,32,34-38,41-43,45-48,52H,15,28,30-31H2,1-14H3/b33-29+/t34-,35-,36+,37-,38+,41+,42-,43+,45-,46-,47-,48+,52+,54+,55+,56-/m1/s1. The normalized spacial score (nSPS) is 36.1. The third-order valence-corrected chi connectivity index (χ3v) is 15.0. The number of aromatic nitrogens is 2. The van der Waals surface area contributed by atoms with Crippen molar-refractivity contribution in [3.05, 3.63) is 102 Å². The number of esters is 3. The summed E-state index contributed by atoms with van der Waals surface area (Å²) in [6, 6.07) is 16.9. The highest BCUT2D eigenvalue weighted by Crippen LogP contribution is 2.42. The second-order valence-electron chi connectivity index (χ2n) is 21.0. The van der Waals surface area contributed by atoms with E-state index in [4.69, 9.17) is 47.4 Å². The molecule has 3 aliphatic rings. The molecule has 0 amide bonds. The first kappa shape index (κ1) is 57.9. The van der Waals surface area contributed by atoms with Gasteiger partial charge in [-0.05, 0) is 118 Å². The first-order valence-electron chi connectivity index (χ1n) is 25.5. The number of hydrogen-bond donors (Lipinski definition) is 0. The number of benzene rings is 2. The number of carbonyl (C=O) groups excluding carboxylic acids is 5. The van der Waals surface area contributed by atoms with Gasteiger partial charge in [0.05, 0.1) is 53.1 Å². The number of Topliss-reactive ketones (excluding diaryl/α,β-unsaturated/α-hetero) is 1. The van der Waals surface area contributed by atoms with Crippen LogP contribution >= 0.6 is 0 Å². The van der Waals surface area contributed by atoms with Crippen LogP contribution < -0.4 is 0 Å². The Morgan fingerprint density at radius 2 is 1.39 bits per heavy atom. The third kappa shape index (κ3) is 13.2. The van der Waals surface area contributed by atoms with Crippen molar-refractivity contribution in [1.82, 2.24) is 14.5 Å². The zero-order chi connectivity index (χ0) is 54.3. The van der Waals surface area contributed by atoms with Gasteiger partial charge in [0.15, 0.2) is 36.2 Å². The molecule has 2 fully saturated rings. The number of cyclic esters (lactones) is 1. The fourth-order valence-electron chi connectivity index (χ4n) is 10.8. The van der Waals surface area contributed by atoms with Crippen LogP contribution in [0.4, 0.5) is 4.79 Å². The number of ketones is 1. The summed E-state index contributed by atoms with van der Waals surface area (Å²) in [7, 11) is 6.83. The summed E-state index contributed by atoms with van der Waals surface area (Å²) in [5.41, 5.74) is -3.23. The molecule has 18 nitrogen and oxygen atoms in total. The lowest BCUT2D eigenvalue weighted by molar-refractivity contribution is -0.318. The second kappa shape index (κ2) is 24.6. The van der Waals surface area contributed by atoms with Gasteiger partial charge in [-0.3, -0.25) is 9.59 Å². The Balaban J connectivity index is 1.47. The molecule has 0 bridgehead atoms. The van der Waals surface area contributed by atoms with Gasteiger partial charge in [0.25, 0.3) is 0 Å². The molecule has 0 radical (unpaired) electrons. The van der Waals surface area contributed by atoms with Crippen LogP contribution in [0.1, 0.15) is 116 Å². The van der Waals surface area contributed by atoms with Gasteiger partial charge in [0, 0.05) is 44.9 Å². The lowest BCUT2D eigenvalue weighted by atomic mass is 9.76. The van der Waals surface area contributed by atoms with Gasteiger partial charge in [-0.2, -0.15) is 0 Å². The maximum atomic E-state index is 15.1. The average Bonchev–Trinajstić information content (AvgIpc) is 3.93. The summed E-state index contributed by atoms with van der Waals surface area (Å²) >= 11 is 0. The first-order valence-corrected chi connectivity index (χ1v) is 25.5. The van der Waals surface area contributed by atoms with E-state index in [2.05, 4.69) is 4.98 Å². The predicted octanol–water partition coefficient (Wildman–Crippen LogP) is 8.01. The van der Waals surface area contributed by atoms with E-state index in [1.807, 2.05) is 45.8 Å². The van der Waals surface area contributed by atoms with Crippen LogP contribution in [0.3, 0.4) is 0 Å². The zero-order valence-corrected chi connectivity index (χ0v) is 45.4. The molecule has 0 N–H and O–H groups in total. The molecule has 0 spiro atoms. The molecule has 0 saturated carbocycles. The minimum atomic E-state index is -1.66. The van der Waals surface area contributed by atoms with Gasteiger partial charge >= 0.3 is 24.0 Å². The predicted molar refractivity (Wildman–Crippen MR) is 271 cm³/mol. The van der Waals surface area contributed by atoms with Crippen molar-refractivity contribution in [1.29, 1.82) is 0 Å². The number of imidazole rings is 1. The van der Waals surface area contributed by atoms with E-state index >= 15 is 4.79 Å². The fraction of sp³-hybridized carbons (Fsp3) is 0.607. The van der Waals surface area contributed by atoms with Crippen molar-refractivity contribution in [3.63, 3.8) is 0 Å². The molecule has 1 aromatic heterocycles. The Bertz CT molecular complexity index is 2400. The van der Waals surface area contributed by atoms with Gasteiger partial charge in [0.2, 0.25) is 0 Å². The number of nitrogens with zero attached hydrogens (tertiary/aromatic N) is 3. The molecule has 74 heavy (non-hydrogen) atoms. The lowest BCUT2D eigenvalue weighted by Gasteiger charge is -2.50. The van der Waals surface area contributed by atoms with Crippen LogP contribution in [0.5, 0.6) is 0 Å². The fourth-order valence-corrected chi connectivity index (χ4v) is 10.8. The van der Waals surface area contributed by atoms with E-state index < -0.39 is 108 Å². The van der Waals surface area contributed by atoms with Crippen molar-refractivity contribution in [3.8, 4) is 0 Å². The third-order valence-electron chi connectivity index (χ3n) is 15.0. The van der Waals surface area contributed by atoms with E-state index in [-0.39, 0.29) is 42.8 Å². The van der Waals surface area contributed by atoms with Gasteiger partial charge in [-0.1, -0.05) is 57.2 Å². The zero-order valence-electron chi connectivity index (χ0n) is 45.4. The Morgan fingerprint density at radius 1 is 0.797 bits per heavy atom. The van der Waals surface area contributed by atoms with Crippen LogP contribution in [-0.2, 0) is 57.0 Å². The van der Waals surface area contributed by atoms with Crippen molar-refractivity contribution < 1.29 is 71.3 Å². The second-order valence-corrected chi connectivity index (χ2v) is 21.0. The molecule has 406 valence electrons. The topological polar surface area (TPSA) is 199 Å². The molecule has 4 heterocycles. The Kier molecular flexibility index (Phi) is 19.2. The number of methoxy groups -OCH3 is 2. The van der Waals surface area contributed by atoms with Crippen LogP contribution in [0.15, 0.2) is 91.0 Å². The minimum absolute atomic E-state index is 0.0410. The summed E-state index contributed by atoms with van der Waals surface area (Å²) < 4.78 is 66.4. The Hall–Kier alpha value is -5.34. The van der Waals surface area contributed by atoms with E-state index in [1.165, 1.54) is 39.0 Å². The van der Waals surface area contributed by atoms with Crippen LogP contribution in [0.25, 0.3) is 0 Å². The summed E-state index contributed by atoms with van der Waals surface area (Å²) in [6.45, 7) is 17.6. The molecule has 0 aliphatic carbocycles. The summed E-state index contributed by atoms with van der Waals surface area (Å²) in [4.78, 5) is 76.8. The molecule has 0 unspecified atom stereocenters. The van der Waals surface area contributed by atoms with Crippen LogP contribution in [0.2, 0.25) is 0 Å². The van der Waals surface area contributed by atoms with Gasteiger partial charge in [-0.25, -0.2) is 23.9 Å². The maximum Gasteiger partial charge on any atom is 0.420 e. The average molecular weight is 1030 g/mol. The summed E-state index contributed by atoms with van der Waals surface area (Å²) in [6.07, 6.45) is -2.97. The number of hydrogen-bond acceptors (Lipinski definition) is 17. The minimum Gasteiger partial charge on any atom is -0.457 e. The molecule has 18 heteroatoms. The molecule has 16 atom stereocenters. The van der Waals surface area contributed by atoms with Crippen molar-refractivity contribution in [2.24, 2.45) is 17.8 Å². The smallest absolute Gasteiger partial charge is 0.420 e. The van der Waals surface area contributed by atoms with Crippen molar-refractivity contribution >= 4 is 29.8 Å². The highest BCUT2D eigenvalue weighted by atomic mass is 16.7. The highest BCUT2D eigenvalue weighted by molar-refractivity contribution is 5.96. The van der Waals surface area contributed by atoms with E-state index in [9.17, 15) is 19.2 Å². The Labute approximate surface area is 435 Å². The summed E-state index contributed by atoms with van der Waals surface area (Å²) in [5, 5.41) is 0. The molecule has 2 saturated heterocycles. The Morgan fingerprint density at radius 3 is 1.95 bits per heavy atom. The first-order chi connectivity index (χ1) is 35.0. The summed E-state index contributed by atoms with van der Waals surface area (Å²) in [5.74, 6) is -4.85. The van der Waals surface area contributed by atoms with Gasteiger partial charge < -0.3 is 52.3 Å². The monoisotopic (exact) mass is 1030 g/mol. The highest BCUT2D eigenvalue weighted by Gasteiger charge is 2.54. The molecule has 2 aromatic carbocycles. The molecular formula is C56H77N3O15. The van der Waals surface area contributed by atoms with E-state index in [1.54, 1.807) is 103 Å². The number of allylic oxidation sites excluding steroid dienone is 1. The molecule has 3 aromatic rings. The molecule has 3 aliphatic heterocycles. The SMILES string of the molecule is CC[C@H]1OC(=O)[C@H](C)[C@H](O[C@H]2C[C@@](C)(OC)[C@@H](OC(=O)c3ccccc3)[C@H](C)O2)[C@H](C)[C@@H](O[C@@H]2O[C@H](C)C[C@H](N(C)C)[C@H]2OC(=O)c2ccccc2)[C@@](C)(OC)C[C@@H](C)C(=O)/C(C)=C/[C@]1(C)OC(=O)n1ccnc1. The lowest BCUT2D eigenvalue weighted by Crippen LogP contribution is -2.61. The van der Waals surface area contributed by atoms with E-state index in [0.29, 0.717) is 17.5 Å². The number of rotatable bonds is 13. The maximum absolute atomic E-state index is 15.1. The largest absolute Gasteiger partial charge is 0.457 e. The van der Waals surface area contributed by atoms with Crippen LogP contribution in [0, 0.1) is 17.8 Å².